The Bertz CT molecular complexity index is 3330. The van der Waals surface area contributed by atoms with Gasteiger partial charge in [0.15, 0.2) is 0 Å². The molecule has 0 radical (unpaired) electrons. The normalized spacial score (nSPS) is 16.5. The van der Waals surface area contributed by atoms with Crippen LogP contribution in [0.1, 0.15) is 21.9 Å². The summed E-state index contributed by atoms with van der Waals surface area (Å²) in [7, 11) is 0. The number of rotatable bonds is 4. The monoisotopic (exact) mass is 588 g/mol. The van der Waals surface area contributed by atoms with Crippen LogP contribution in [-0.2, 0) is 0 Å². The van der Waals surface area contributed by atoms with Crippen molar-refractivity contribution in [2.75, 3.05) is 0 Å². The van der Waals surface area contributed by atoms with Gasteiger partial charge in [-0.1, -0.05) is 145 Å². The van der Waals surface area contributed by atoms with Crippen molar-refractivity contribution < 1.29 is 26.3 Å². The van der Waals surface area contributed by atoms with Crippen LogP contribution in [0.2, 0.25) is 0 Å². The molecule has 210 valence electrons. The standard InChI is InChI=1S/C44H28O/c1-3-14-29(15-4-1)31-18-13-19-32(26-31)42-34-20-7-9-22-36(34)43(37-23-10-8-21-35(37)42)33-27-39(30-16-5-2-6-17-30)44-38-24-11-12-25-40(38)45-41(44)28-33/h1-28H/i1D,2D,3D,4D,5D,6D,11D,12D,14D,15D,16D,17D,24D,25D,27D,28D. The molecule has 45 heavy (non-hydrogen) atoms. The molecular formula is C44H28O. The minimum Gasteiger partial charge on any atom is -0.456 e. The molecule has 8 aromatic carbocycles. The summed E-state index contributed by atoms with van der Waals surface area (Å²) in [5, 5.41) is 1.93. The molecule has 1 aromatic heterocycles. The SMILES string of the molecule is [2H]c1c([2H])c([2H])c(-c2cccc(-c3c4ccccc4c(-c4c([2H])c(-c5c([2H])c([2H])c([2H])c([2H])c5[2H])c5c(oc6c([2H])c([2H])c([2H])c([2H])c65)c4[2H])c4ccccc34)c2)c([2H])c1[2H]. The largest absolute Gasteiger partial charge is 0.456 e. The molecule has 0 saturated carbocycles. The third-order valence-corrected chi connectivity index (χ3v) is 7.94. The van der Waals surface area contributed by atoms with Gasteiger partial charge in [-0.3, -0.25) is 0 Å². The minimum absolute atomic E-state index is 0.0249. The lowest BCUT2D eigenvalue weighted by molar-refractivity contribution is 0.669. The maximum absolute atomic E-state index is 9.98. The number of benzene rings is 8. The Hall–Kier alpha value is -5.92. The third kappa shape index (κ3) is 4.17. The third-order valence-electron chi connectivity index (χ3n) is 7.94. The van der Waals surface area contributed by atoms with E-state index >= 15 is 0 Å². The Morgan fingerprint density at radius 2 is 0.956 bits per heavy atom. The highest BCUT2D eigenvalue weighted by Crippen LogP contribution is 2.47. The first-order valence-corrected chi connectivity index (χ1v) is 14.1. The molecule has 0 unspecified atom stereocenters. The summed E-state index contributed by atoms with van der Waals surface area (Å²) in [6.07, 6.45) is 0. The quantitative estimate of drug-likeness (QED) is 0.186. The van der Waals surface area contributed by atoms with E-state index < -0.39 is 84.1 Å². The van der Waals surface area contributed by atoms with Crippen molar-refractivity contribution in [3.05, 3.63) is 169 Å². The van der Waals surface area contributed by atoms with Gasteiger partial charge in [0.2, 0.25) is 0 Å². The summed E-state index contributed by atoms with van der Waals surface area (Å²) in [6.45, 7) is 0. The number of furan rings is 1. The van der Waals surface area contributed by atoms with Crippen molar-refractivity contribution in [3.63, 3.8) is 0 Å². The summed E-state index contributed by atoms with van der Waals surface area (Å²) in [5.74, 6) is 0. The van der Waals surface area contributed by atoms with Gasteiger partial charge in [-0.05, 0) is 90.2 Å². The molecule has 0 saturated heterocycles. The molecule has 1 heteroatoms. The molecule has 1 heterocycles. The summed E-state index contributed by atoms with van der Waals surface area (Å²) in [6, 6.07) is 12.6. The van der Waals surface area contributed by atoms with Crippen molar-refractivity contribution >= 4 is 43.5 Å². The van der Waals surface area contributed by atoms with Gasteiger partial charge in [0.1, 0.15) is 11.2 Å². The lowest BCUT2D eigenvalue weighted by Crippen LogP contribution is -1.92. The van der Waals surface area contributed by atoms with Crippen LogP contribution in [0.4, 0.5) is 0 Å². The van der Waals surface area contributed by atoms with E-state index in [-0.39, 0.29) is 56.8 Å². The number of hydrogen-bond acceptors (Lipinski definition) is 1. The fourth-order valence-electron chi connectivity index (χ4n) is 6.10. The highest BCUT2D eigenvalue weighted by molar-refractivity contribution is 6.23. The molecule has 0 aliphatic rings. The van der Waals surface area contributed by atoms with E-state index in [9.17, 15) is 2.74 Å². The van der Waals surface area contributed by atoms with Crippen LogP contribution in [0.3, 0.4) is 0 Å². The van der Waals surface area contributed by atoms with E-state index in [1.54, 1.807) is 54.6 Å². The van der Waals surface area contributed by atoms with Gasteiger partial charge in [0, 0.05) is 10.8 Å². The van der Waals surface area contributed by atoms with Crippen LogP contribution in [0, 0.1) is 0 Å². The fourth-order valence-corrected chi connectivity index (χ4v) is 6.10. The number of para-hydroxylation sites is 1. The Balaban J connectivity index is 1.45. The smallest absolute Gasteiger partial charge is 0.136 e. The van der Waals surface area contributed by atoms with Gasteiger partial charge < -0.3 is 4.42 Å². The second kappa shape index (κ2) is 10.4. The molecule has 9 rings (SSSR count). The highest BCUT2D eigenvalue weighted by atomic mass is 16.3. The van der Waals surface area contributed by atoms with Gasteiger partial charge in [-0.15, -0.1) is 0 Å². The van der Waals surface area contributed by atoms with Crippen LogP contribution < -0.4 is 0 Å². The topological polar surface area (TPSA) is 13.1 Å². The Morgan fingerprint density at radius 1 is 0.400 bits per heavy atom. The lowest BCUT2D eigenvalue weighted by atomic mass is 9.84. The van der Waals surface area contributed by atoms with Gasteiger partial charge in [-0.25, -0.2) is 0 Å². The predicted molar refractivity (Wildman–Crippen MR) is 190 cm³/mol. The Morgan fingerprint density at radius 3 is 1.62 bits per heavy atom. The van der Waals surface area contributed by atoms with Crippen molar-refractivity contribution in [2.45, 2.75) is 0 Å². The van der Waals surface area contributed by atoms with E-state index in [1.807, 2.05) is 18.2 Å². The van der Waals surface area contributed by atoms with E-state index in [1.165, 1.54) is 0 Å². The highest BCUT2D eigenvalue weighted by Gasteiger charge is 2.20. The average molecular weight is 589 g/mol. The molecule has 9 aromatic rings. The maximum Gasteiger partial charge on any atom is 0.136 e. The Kier molecular flexibility index (Phi) is 3.28. The number of hydrogen-bond donors (Lipinski definition) is 0. The van der Waals surface area contributed by atoms with Crippen LogP contribution in [0.5, 0.6) is 0 Å². The van der Waals surface area contributed by atoms with Crippen LogP contribution in [0.25, 0.3) is 88.0 Å². The Labute approximate surface area is 284 Å². The van der Waals surface area contributed by atoms with E-state index in [0.29, 0.717) is 43.8 Å². The first-order valence-electron chi connectivity index (χ1n) is 22.1. The van der Waals surface area contributed by atoms with Crippen molar-refractivity contribution in [1.82, 2.24) is 0 Å². The van der Waals surface area contributed by atoms with Crippen LogP contribution in [0.15, 0.2) is 174 Å². The lowest BCUT2D eigenvalue weighted by Gasteiger charge is -2.19. The van der Waals surface area contributed by atoms with Crippen LogP contribution >= 0.6 is 0 Å². The molecular weight excluding hydrogens is 544 g/mol. The predicted octanol–water partition coefficient (Wildman–Crippen LogP) is 12.6. The molecule has 0 N–H and O–H groups in total. The van der Waals surface area contributed by atoms with Crippen molar-refractivity contribution in [1.29, 1.82) is 0 Å². The van der Waals surface area contributed by atoms with Gasteiger partial charge in [0.05, 0.1) is 21.9 Å². The maximum atomic E-state index is 9.98. The van der Waals surface area contributed by atoms with Gasteiger partial charge in [-0.2, -0.15) is 0 Å². The van der Waals surface area contributed by atoms with Crippen molar-refractivity contribution in [2.24, 2.45) is 0 Å². The molecule has 0 amide bonds. The zero-order chi connectivity index (χ0) is 43.7. The summed E-state index contributed by atoms with van der Waals surface area (Å²) in [5.41, 5.74) is 0.702. The van der Waals surface area contributed by atoms with Gasteiger partial charge >= 0.3 is 0 Å². The molecule has 0 fully saturated rings. The fraction of sp³-hybridized carbons (Fsp3) is 0. The molecule has 0 bridgehead atoms. The summed E-state index contributed by atoms with van der Waals surface area (Å²) >= 11 is 0. The second-order valence-corrected chi connectivity index (χ2v) is 10.4. The summed E-state index contributed by atoms with van der Waals surface area (Å²) in [4.78, 5) is 0. The van der Waals surface area contributed by atoms with Crippen molar-refractivity contribution in [3.8, 4) is 44.5 Å². The molecule has 0 atom stereocenters. The minimum atomic E-state index is -0.694. The molecule has 1 nitrogen and oxygen atoms in total. The number of fused-ring (bicyclic) bond motifs is 5. The first kappa shape index (κ1) is 14.2. The average Bonchev–Trinajstić information content (AvgIpc) is 3.67. The zero-order valence-corrected chi connectivity index (χ0v) is 23.3. The van der Waals surface area contributed by atoms with E-state index in [2.05, 4.69) is 0 Å². The zero-order valence-electron chi connectivity index (χ0n) is 39.3. The van der Waals surface area contributed by atoms with Crippen LogP contribution in [-0.4, -0.2) is 0 Å². The van der Waals surface area contributed by atoms with E-state index in [0.717, 1.165) is 0 Å². The second-order valence-electron chi connectivity index (χ2n) is 10.4. The first-order chi connectivity index (χ1) is 29.0. The van der Waals surface area contributed by atoms with Gasteiger partial charge in [0.25, 0.3) is 0 Å². The summed E-state index contributed by atoms with van der Waals surface area (Å²) < 4.78 is 146. The van der Waals surface area contributed by atoms with E-state index in [4.69, 9.17) is 23.6 Å². The molecule has 0 spiro atoms. The molecule has 0 aliphatic heterocycles. The molecule has 0 aliphatic carbocycles.